The van der Waals surface area contributed by atoms with Gasteiger partial charge in [-0.15, -0.1) is 0 Å². The average Bonchev–Trinajstić information content (AvgIpc) is 2.08. The number of hydrogen-bond acceptors (Lipinski definition) is 3. The van der Waals surface area contributed by atoms with Crippen LogP contribution in [0.3, 0.4) is 0 Å². The van der Waals surface area contributed by atoms with Gasteiger partial charge in [-0.3, -0.25) is 0 Å². The smallest absolute Gasteiger partial charge is 0.150 e. The van der Waals surface area contributed by atoms with Gasteiger partial charge in [0.2, 0.25) is 0 Å². The van der Waals surface area contributed by atoms with E-state index in [4.69, 9.17) is 5.73 Å². The Morgan fingerprint density at radius 3 is 2.64 bits per heavy atom. The average molecular weight is 177 g/mol. The van der Waals surface area contributed by atoms with Crippen LogP contribution in [0.1, 0.15) is 19.8 Å². The van der Waals surface area contributed by atoms with Crippen molar-refractivity contribution in [1.29, 1.82) is 0 Å². The highest BCUT2D eigenvalue weighted by Gasteiger charge is 2.27. The second-order valence-electron chi connectivity index (χ2n) is 3.48. The second-order valence-corrected chi connectivity index (χ2v) is 5.71. The van der Waals surface area contributed by atoms with Crippen LogP contribution in [0.2, 0.25) is 0 Å². The minimum Gasteiger partial charge on any atom is -0.328 e. The maximum Gasteiger partial charge on any atom is 0.150 e. The SMILES string of the molecule is C[C@@H](N)CC1CCS(=O)(=O)C1. The molecule has 3 nitrogen and oxygen atoms in total. The molecule has 0 aromatic heterocycles. The van der Waals surface area contributed by atoms with Crippen molar-refractivity contribution in [2.45, 2.75) is 25.8 Å². The molecule has 0 aliphatic carbocycles. The van der Waals surface area contributed by atoms with Crippen LogP contribution < -0.4 is 5.73 Å². The van der Waals surface area contributed by atoms with E-state index in [0.717, 1.165) is 12.8 Å². The lowest BCUT2D eigenvalue weighted by Gasteiger charge is -2.09. The Morgan fingerprint density at radius 1 is 1.64 bits per heavy atom. The molecule has 1 aliphatic rings. The van der Waals surface area contributed by atoms with Crippen molar-refractivity contribution in [2.75, 3.05) is 11.5 Å². The van der Waals surface area contributed by atoms with Gasteiger partial charge in [0.1, 0.15) is 0 Å². The van der Waals surface area contributed by atoms with Gasteiger partial charge in [-0.05, 0) is 25.7 Å². The third-order valence-electron chi connectivity index (χ3n) is 2.03. The molecule has 2 atom stereocenters. The first-order valence-corrected chi connectivity index (χ1v) is 5.78. The minimum absolute atomic E-state index is 0.133. The zero-order valence-electron chi connectivity index (χ0n) is 6.79. The van der Waals surface area contributed by atoms with Gasteiger partial charge in [0.05, 0.1) is 11.5 Å². The first-order chi connectivity index (χ1) is 4.99. The summed E-state index contributed by atoms with van der Waals surface area (Å²) in [6.07, 6.45) is 1.66. The van der Waals surface area contributed by atoms with E-state index in [1.807, 2.05) is 6.92 Å². The van der Waals surface area contributed by atoms with Gasteiger partial charge in [0, 0.05) is 6.04 Å². The zero-order valence-corrected chi connectivity index (χ0v) is 7.60. The molecule has 4 heteroatoms. The molecule has 1 aliphatic heterocycles. The Bertz CT molecular complexity index is 221. The molecule has 1 saturated heterocycles. The predicted octanol–water partition coefficient (Wildman–Crippen LogP) is 0.158. The summed E-state index contributed by atoms with van der Waals surface area (Å²) in [5.41, 5.74) is 5.57. The molecule has 0 spiro atoms. The van der Waals surface area contributed by atoms with E-state index < -0.39 is 9.84 Å². The maximum atomic E-state index is 11.0. The van der Waals surface area contributed by atoms with Crippen LogP contribution in [0.15, 0.2) is 0 Å². The van der Waals surface area contributed by atoms with Crippen molar-refractivity contribution < 1.29 is 8.42 Å². The van der Waals surface area contributed by atoms with Crippen molar-refractivity contribution in [1.82, 2.24) is 0 Å². The topological polar surface area (TPSA) is 60.2 Å². The molecule has 0 radical (unpaired) electrons. The van der Waals surface area contributed by atoms with E-state index in [1.54, 1.807) is 0 Å². The van der Waals surface area contributed by atoms with Crippen molar-refractivity contribution in [3.63, 3.8) is 0 Å². The molecule has 11 heavy (non-hydrogen) atoms. The van der Waals surface area contributed by atoms with Crippen LogP contribution in [0.25, 0.3) is 0 Å². The van der Waals surface area contributed by atoms with Crippen molar-refractivity contribution >= 4 is 9.84 Å². The number of nitrogens with two attached hydrogens (primary N) is 1. The quantitative estimate of drug-likeness (QED) is 0.653. The van der Waals surface area contributed by atoms with E-state index in [0.29, 0.717) is 17.4 Å². The fraction of sp³-hybridized carbons (Fsp3) is 1.00. The Kier molecular flexibility index (Phi) is 2.54. The van der Waals surface area contributed by atoms with Crippen LogP contribution >= 0.6 is 0 Å². The van der Waals surface area contributed by atoms with Crippen molar-refractivity contribution in [3.8, 4) is 0 Å². The Labute approximate surface area is 67.9 Å². The van der Waals surface area contributed by atoms with Gasteiger partial charge in [0.25, 0.3) is 0 Å². The highest BCUT2D eigenvalue weighted by molar-refractivity contribution is 7.91. The van der Waals surface area contributed by atoms with Crippen LogP contribution in [-0.4, -0.2) is 26.0 Å². The molecule has 1 fully saturated rings. The number of sulfone groups is 1. The third kappa shape index (κ3) is 2.79. The Hall–Kier alpha value is -0.0900. The summed E-state index contributed by atoms with van der Waals surface area (Å²) < 4.78 is 22.0. The van der Waals surface area contributed by atoms with Crippen molar-refractivity contribution in [3.05, 3.63) is 0 Å². The number of rotatable bonds is 2. The highest BCUT2D eigenvalue weighted by atomic mass is 32.2. The van der Waals surface area contributed by atoms with Crippen molar-refractivity contribution in [2.24, 2.45) is 11.7 Å². The summed E-state index contributed by atoms with van der Waals surface area (Å²) in [4.78, 5) is 0. The van der Waals surface area contributed by atoms with Gasteiger partial charge in [-0.2, -0.15) is 0 Å². The Morgan fingerprint density at radius 2 is 2.27 bits per heavy atom. The van der Waals surface area contributed by atoms with Crippen LogP contribution in [0, 0.1) is 5.92 Å². The van der Waals surface area contributed by atoms with Gasteiger partial charge in [-0.25, -0.2) is 8.42 Å². The Balaban J connectivity index is 2.43. The lowest BCUT2D eigenvalue weighted by atomic mass is 10.0. The van der Waals surface area contributed by atoms with Gasteiger partial charge >= 0.3 is 0 Å². The van der Waals surface area contributed by atoms with Crippen LogP contribution in [0.4, 0.5) is 0 Å². The van der Waals surface area contributed by atoms with Gasteiger partial charge in [-0.1, -0.05) is 0 Å². The summed E-state index contributed by atoms with van der Waals surface area (Å²) in [5.74, 6) is 1.04. The summed E-state index contributed by atoms with van der Waals surface area (Å²) in [5, 5.41) is 0. The summed E-state index contributed by atoms with van der Waals surface area (Å²) >= 11 is 0. The second kappa shape index (κ2) is 3.11. The first-order valence-electron chi connectivity index (χ1n) is 3.95. The van der Waals surface area contributed by atoms with Crippen LogP contribution in [0.5, 0.6) is 0 Å². The first kappa shape index (κ1) is 9.00. The van der Waals surface area contributed by atoms with E-state index >= 15 is 0 Å². The van der Waals surface area contributed by atoms with E-state index in [1.165, 1.54) is 0 Å². The summed E-state index contributed by atoms with van der Waals surface area (Å²) in [7, 11) is -2.70. The summed E-state index contributed by atoms with van der Waals surface area (Å²) in [6, 6.07) is 0.133. The van der Waals surface area contributed by atoms with E-state index in [2.05, 4.69) is 0 Å². The zero-order chi connectivity index (χ0) is 8.48. The third-order valence-corrected chi connectivity index (χ3v) is 3.87. The fourth-order valence-electron chi connectivity index (χ4n) is 1.58. The largest absolute Gasteiger partial charge is 0.328 e. The predicted molar refractivity (Wildman–Crippen MR) is 45.0 cm³/mol. The standard InChI is InChI=1S/C7H15NO2S/c1-6(8)4-7-2-3-11(9,10)5-7/h6-7H,2-5,8H2,1H3/t6-,7?/m1/s1. The molecule has 0 aromatic rings. The highest BCUT2D eigenvalue weighted by Crippen LogP contribution is 2.21. The van der Waals surface area contributed by atoms with Crippen LogP contribution in [-0.2, 0) is 9.84 Å². The minimum atomic E-state index is -2.70. The fourth-order valence-corrected chi connectivity index (χ4v) is 3.46. The molecule has 0 bridgehead atoms. The molecule has 0 aromatic carbocycles. The normalized spacial score (nSPS) is 32.0. The molecular weight excluding hydrogens is 162 g/mol. The molecule has 1 unspecified atom stereocenters. The van der Waals surface area contributed by atoms with E-state index in [9.17, 15) is 8.42 Å². The molecule has 0 amide bonds. The molecule has 2 N–H and O–H groups in total. The molecule has 0 saturated carbocycles. The molecular formula is C7H15NO2S. The summed E-state index contributed by atoms with van der Waals surface area (Å²) in [6.45, 7) is 1.92. The van der Waals surface area contributed by atoms with Gasteiger partial charge < -0.3 is 5.73 Å². The number of hydrogen-bond donors (Lipinski definition) is 1. The lowest BCUT2D eigenvalue weighted by molar-refractivity contribution is 0.490. The molecule has 66 valence electrons. The van der Waals surface area contributed by atoms with E-state index in [-0.39, 0.29) is 6.04 Å². The molecule has 1 heterocycles. The molecule has 1 rings (SSSR count). The maximum absolute atomic E-state index is 11.0. The van der Waals surface area contributed by atoms with Gasteiger partial charge in [0.15, 0.2) is 9.84 Å². The lowest BCUT2D eigenvalue weighted by Crippen LogP contribution is -2.20. The monoisotopic (exact) mass is 177 g/mol.